The van der Waals surface area contributed by atoms with E-state index in [1.807, 2.05) is 36.4 Å². The normalized spacial score (nSPS) is 10.8. The number of unbranched alkanes of at least 4 members (excludes halogenated alkanes) is 1. The predicted molar refractivity (Wildman–Crippen MR) is 75.6 cm³/mol. The van der Waals surface area contributed by atoms with Gasteiger partial charge in [0.2, 0.25) is 0 Å². The van der Waals surface area contributed by atoms with Crippen LogP contribution < -0.4 is 4.74 Å². The fraction of sp³-hybridized carbons (Fsp3) is 0.267. The molecule has 0 fully saturated rings. The molecule has 98 valence electrons. The smallest absolute Gasteiger partial charge is 0.155 e. The summed E-state index contributed by atoms with van der Waals surface area (Å²) in [5.41, 5.74) is 1.09. The lowest BCUT2D eigenvalue weighted by molar-refractivity contribution is 0.309. The molecule has 1 aromatic carbocycles. The van der Waals surface area contributed by atoms with Crippen molar-refractivity contribution >= 4 is 12.2 Å². The van der Waals surface area contributed by atoms with Crippen LogP contribution in [0.1, 0.15) is 31.2 Å². The van der Waals surface area contributed by atoms with Crippen LogP contribution in [0, 0.1) is 0 Å². The summed E-state index contributed by atoms with van der Waals surface area (Å²) in [5, 5.41) is 0. The zero-order valence-electron chi connectivity index (χ0n) is 11.0. The summed E-state index contributed by atoms with van der Waals surface area (Å²) in [5.74, 6) is 1.56. The van der Waals surface area contributed by atoms with Gasteiger partial charge in [0.1, 0.15) is 18.4 Å². The first-order chi connectivity index (χ1) is 9.38. The van der Waals surface area contributed by atoms with Gasteiger partial charge in [0.15, 0.2) is 5.82 Å². The van der Waals surface area contributed by atoms with E-state index in [4.69, 9.17) is 4.74 Å². The summed E-state index contributed by atoms with van der Waals surface area (Å²) in [4.78, 5) is 11.8. The second kappa shape index (κ2) is 7.26. The predicted octanol–water partition coefficient (Wildman–Crippen LogP) is 3.22. The van der Waals surface area contributed by atoms with Crippen molar-refractivity contribution in [1.29, 1.82) is 0 Å². The van der Waals surface area contributed by atoms with E-state index in [0.717, 1.165) is 30.8 Å². The molecule has 0 saturated carbocycles. The van der Waals surface area contributed by atoms with E-state index in [1.165, 1.54) is 12.7 Å². The molecule has 0 aliphatic rings. The third-order valence-electron chi connectivity index (χ3n) is 2.58. The number of nitrogens with zero attached hydrogens (tertiary/aromatic N) is 3. The summed E-state index contributed by atoms with van der Waals surface area (Å²) in [6.45, 7) is 2.93. The highest BCUT2D eigenvalue weighted by Crippen LogP contribution is 2.14. The minimum Gasteiger partial charge on any atom is -0.494 e. The van der Waals surface area contributed by atoms with Gasteiger partial charge >= 0.3 is 0 Å². The molecule has 0 radical (unpaired) electrons. The minimum absolute atomic E-state index is 0.651. The Bertz CT molecular complexity index is 509. The maximum atomic E-state index is 5.61. The van der Waals surface area contributed by atoms with Gasteiger partial charge in [0.25, 0.3) is 0 Å². The average Bonchev–Trinajstić information content (AvgIpc) is 2.48. The average molecular weight is 255 g/mol. The lowest BCUT2D eigenvalue weighted by atomic mass is 10.2. The fourth-order valence-electron chi connectivity index (χ4n) is 1.51. The lowest BCUT2D eigenvalue weighted by Gasteiger charge is -2.04. The summed E-state index contributed by atoms with van der Waals surface area (Å²) in [6.07, 6.45) is 9.02. The van der Waals surface area contributed by atoms with Crippen molar-refractivity contribution in [3.63, 3.8) is 0 Å². The number of hydrogen-bond acceptors (Lipinski definition) is 4. The highest BCUT2D eigenvalue weighted by atomic mass is 16.5. The van der Waals surface area contributed by atoms with Crippen LogP contribution in [0.15, 0.2) is 36.9 Å². The highest BCUT2D eigenvalue weighted by Gasteiger charge is 1.94. The third kappa shape index (κ3) is 4.50. The molecule has 2 aromatic rings. The van der Waals surface area contributed by atoms with E-state index in [2.05, 4.69) is 21.9 Å². The Morgan fingerprint density at radius 2 is 1.79 bits per heavy atom. The monoisotopic (exact) mass is 255 g/mol. The van der Waals surface area contributed by atoms with Crippen molar-refractivity contribution in [3.05, 3.63) is 48.3 Å². The largest absolute Gasteiger partial charge is 0.494 e. The zero-order valence-corrected chi connectivity index (χ0v) is 11.0. The maximum Gasteiger partial charge on any atom is 0.155 e. The van der Waals surface area contributed by atoms with Gasteiger partial charge in [-0.1, -0.05) is 31.6 Å². The fourth-order valence-corrected chi connectivity index (χ4v) is 1.51. The minimum atomic E-state index is 0.651. The Hall–Kier alpha value is -2.23. The summed E-state index contributed by atoms with van der Waals surface area (Å²) in [6, 6.07) is 7.98. The van der Waals surface area contributed by atoms with Crippen LogP contribution in [0.5, 0.6) is 5.75 Å². The quantitative estimate of drug-likeness (QED) is 0.743. The van der Waals surface area contributed by atoms with Crippen molar-refractivity contribution in [2.75, 3.05) is 6.61 Å². The van der Waals surface area contributed by atoms with Crippen molar-refractivity contribution in [2.24, 2.45) is 0 Å². The van der Waals surface area contributed by atoms with E-state index in [0.29, 0.717) is 5.82 Å². The standard InChI is InChI=1S/C15H17N3O/c1-2-3-10-19-14-7-4-13(5-8-14)6-9-15-17-11-16-12-18-15/h4-9,11-12H,2-3,10H2,1H3. The second-order valence-electron chi connectivity index (χ2n) is 4.10. The topological polar surface area (TPSA) is 47.9 Å². The lowest BCUT2D eigenvalue weighted by Crippen LogP contribution is -1.95. The van der Waals surface area contributed by atoms with Crippen molar-refractivity contribution < 1.29 is 4.74 Å². The van der Waals surface area contributed by atoms with Crippen molar-refractivity contribution in [1.82, 2.24) is 15.0 Å². The van der Waals surface area contributed by atoms with Gasteiger partial charge in [-0.3, -0.25) is 0 Å². The first kappa shape index (κ1) is 13.2. The molecule has 0 N–H and O–H groups in total. The van der Waals surface area contributed by atoms with Gasteiger partial charge in [-0.05, 0) is 30.2 Å². The van der Waals surface area contributed by atoms with Gasteiger partial charge in [-0.15, -0.1) is 0 Å². The number of aromatic nitrogens is 3. The Morgan fingerprint density at radius 1 is 1.05 bits per heavy atom. The van der Waals surface area contributed by atoms with Gasteiger partial charge in [0.05, 0.1) is 6.61 Å². The van der Waals surface area contributed by atoms with E-state index in [1.54, 1.807) is 0 Å². The van der Waals surface area contributed by atoms with Crippen LogP contribution in [0.3, 0.4) is 0 Å². The van der Waals surface area contributed by atoms with E-state index in [9.17, 15) is 0 Å². The number of benzene rings is 1. The van der Waals surface area contributed by atoms with Crippen molar-refractivity contribution in [3.8, 4) is 5.75 Å². The van der Waals surface area contributed by atoms with E-state index < -0.39 is 0 Å². The van der Waals surface area contributed by atoms with Gasteiger partial charge < -0.3 is 4.74 Å². The van der Waals surface area contributed by atoms with Gasteiger partial charge in [0, 0.05) is 0 Å². The highest BCUT2D eigenvalue weighted by molar-refractivity contribution is 5.66. The molecule has 0 amide bonds. The maximum absolute atomic E-state index is 5.61. The first-order valence-electron chi connectivity index (χ1n) is 6.41. The van der Waals surface area contributed by atoms with Crippen LogP contribution in [-0.2, 0) is 0 Å². The molecular weight excluding hydrogens is 238 g/mol. The molecule has 0 aliphatic carbocycles. The van der Waals surface area contributed by atoms with Crippen LogP contribution in [0.4, 0.5) is 0 Å². The molecule has 2 rings (SSSR count). The van der Waals surface area contributed by atoms with Crippen LogP contribution in [-0.4, -0.2) is 21.6 Å². The summed E-state index contributed by atoms with van der Waals surface area (Å²) in [7, 11) is 0. The number of rotatable bonds is 6. The molecule has 0 saturated heterocycles. The molecule has 0 bridgehead atoms. The van der Waals surface area contributed by atoms with Gasteiger partial charge in [-0.2, -0.15) is 0 Å². The van der Waals surface area contributed by atoms with Crippen LogP contribution in [0.25, 0.3) is 12.2 Å². The molecule has 0 unspecified atom stereocenters. The number of hydrogen-bond donors (Lipinski definition) is 0. The van der Waals surface area contributed by atoms with Crippen LogP contribution >= 0.6 is 0 Å². The Morgan fingerprint density at radius 3 is 2.47 bits per heavy atom. The van der Waals surface area contributed by atoms with Crippen LogP contribution in [0.2, 0.25) is 0 Å². The summed E-state index contributed by atoms with van der Waals surface area (Å²) < 4.78 is 5.61. The first-order valence-corrected chi connectivity index (χ1v) is 6.41. The molecular formula is C15H17N3O. The van der Waals surface area contributed by atoms with E-state index in [-0.39, 0.29) is 0 Å². The third-order valence-corrected chi connectivity index (χ3v) is 2.58. The molecule has 1 heterocycles. The SMILES string of the molecule is CCCCOc1ccc(C=Cc2ncncn2)cc1. The molecule has 4 heteroatoms. The molecule has 4 nitrogen and oxygen atoms in total. The number of ether oxygens (including phenoxy) is 1. The Labute approximate surface area is 113 Å². The summed E-state index contributed by atoms with van der Waals surface area (Å²) >= 11 is 0. The zero-order chi connectivity index (χ0) is 13.3. The Balaban J connectivity index is 1.93. The molecule has 0 atom stereocenters. The second-order valence-corrected chi connectivity index (χ2v) is 4.10. The molecule has 0 spiro atoms. The van der Waals surface area contributed by atoms with E-state index >= 15 is 0 Å². The molecule has 0 aliphatic heterocycles. The molecule has 1 aromatic heterocycles. The van der Waals surface area contributed by atoms with Crippen molar-refractivity contribution in [2.45, 2.75) is 19.8 Å². The van der Waals surface area contributed by atoms with Gasteiger partial charge in [-0.25, -0.2) is 15.0 Å². The molecule has 19 heavy (non-hydrogen) atoms. The Kier molecular flexibility index (Phi) is 5.05.